The maximum absolute atomic E-state index is 12.5. The number of nitrogens with zero attached hydrogens (tertiary/aromatic N) is 1. The van der Waals surface area contributed by atoms with Crippen LogP contribution in [0.2, 0.25) is 0 Å². The Morgan fingerprint density at radius 2 is 2.15 bits per heavy atom. The summed E-state index contributed by atoms with van der Waals surface area (Å²) in [5.41, 5.74) is -0.940. The lowest BCUT2D eigenvalue weighted by molar-refractivity contribution is 0.112. The summed E-state index contributed by atoms with van der Waals surface area (Å²) in [7, 11) is 0. The molecule has 0 saturated heterocycles. The van der Waals surface area contributed by atoms with Crippen LogP contribution in [-0.4, -0.2) is 11.3 Å². The van der Waals surface area contributed by atoms with Crippen LogP contribution in [0.3, 0.4) is 0 Å². The molecular formula is C7H3BrF3NO. The van der Waals surface area contributed by atoms with E-state index in [2.05, 4.69) is 20.9 Å². The van der Waals surface area contributed by atoms with Crippen LogP contribution in [0.25, 0.3) is 0 Å². The predicted octanol–water partition coefficient (Wildman–Crippen LogP) is 2.73. The lowest BCUT2D eigenvalue weighted by atomic mass is 10.2. The van der Waals surface area contributed by atoms with Crippen molar-refractivity contribution in [3.8, 4) is 0 Å². The average Bonchev–Trinajstić information content (AvgIpc) is 2.08. The van der Waals surface area contributed by atoms with Gasteiger partial charge in [0.15, 0.2) is 6.29 Å². The maximum atomic E-state index is 12.5. The summed E-state index contributed by atoms with van der Waals surface area (Å²) in [5, 5.41) is 0. The molecule has 1 aromatic heterocycles. The second kappa shape index (κ2) is 3.87. The van der Waals surface area contributed by atoms with Crippen molar-refractivity contribution < 1.29 is 18.0 Å². The van der Waals surface area contributed by atoms with Gasteiger partial charge < -0.3 is 0 Å². The van der Waals surface area contributed by atoms with Crippen LogP contribution < -0.4 is 0 Å². The highest BCUT2D eigenvalue weighted by molar-refractivity contribution is 9.10. The van der Waals surface area contributed by atoms with E-state index in [1.807, 2.05) is 0 Å². The minimum Gasteiger partial charge on any atom is -0.298 e. The lowest BCUT2D eigenvalue weighted by Crippen LogP contribution is -1.99. The number of halogens is 4. The van der Waals surface area contributed by atoms with E-state index in [1.165, 1.54) is 0 Å². The average molecular weight is 254 g/mol. The molecule has 0 spiro atoms. The van der Waals surface area contributed by atoms with Crippen molar-refractivity contribution in [3.05, 3.63) is 27.7 Å². The van der Waals surface area contributed by atoms with E-state index in [0.717, 1.165) is 6.07 Å². The Balaban J connectivity index is 3.35. The minimum absolute atomic E-state index is 0.168. The Labute approximate surface area is 79.9 Å². The number of rotatable bonds is 2. The summed E-state index contributed by atoms with van der Waals surface area (Å²) in [4.78, 5) is 13.2. The van der Waals surface area contributed by atoms with Gasteiger partial charge in [0, 0.05) is 11.6 Å². The fourth-order valence-corrected chi connectivity index (χ4v) is 1.24. The van der Waals surface area contributed by atoms with Gasteiger partial charge in [-0.25, -0.2) is 13.8 Å². The maximum Gasteiger partial charge on any atom is 0.281 e. The van der Waals surface area contributed by atoms with Crippen molar-refractivity contribution in [2.75, 3.05) is 0 Å². The summed E-state index contributed by atoms with van der Waals surface area (Å²) in [6, 6.07) is 0.781. The molecule has 0 aromatic carbocycles. The molecule has 0 aliphatic heterocycles. The smallest absolute Gasteiger partial charge is 0.281 e. The van der Waals surface area contributed by atoms with E-state index in [1.54, 1.807) is 0 Å². The second-order valence-corrected chi connectivity index (χ2v) is 2.94. The summed E-state index contributed by atoms with van der Waals surface area (Å²) in [5.74, 6) is -1.10. The number of pyridine rings is 1. The van der Waals surface area contributed by atoms with Gasteiger partial charge in [-0.15, -0.1) is 0 Å². The standard InChI is InChI=1S/C7H3BrF3NO/c8-5-3(2-13)1-4(9)12-6(5)7(10)11/h1-2,7H. The van der Waals surface area contributed by atoms with Crippen LogP contribution in [0.15, 0.2) is 10.5 Å². The number of alkyl halides is 2. The Kier molecular flexibility index (Phi) is 3.02. The molecule has 0 amide bonds. The highest BCUT2D eigenvalue weighted by atomic mass is 79.9. The van der Waals surface area contributed by atoms with Crippen LogP contribution in [0, 0.1) is 5.95 Å². The Morgan fingerprint density at radius 1 is 1.54 bits per heavy atom. The first kappa shape index (κ1) is 10.2. The summed E-state index contributed by atoms with van der Waals surface area (Å²) in [6.45, 7) is 0. The SMILES string of the molecule is O=Cc1cc(F)nc(C(F)F)c1Br. The third kappa shape index (κ3) is 2.06. The van der Waals surface area contributed by atoms with E-state index in [9.17, 15) is 18.0 Å². The highest BCUT2D eigenvalue weighted by Crippen LogP contribution is 2.27. The first-order valence-electron chi connectivity index (χ1n) is 3.15. The summed E-state index contributed by atoms with van der Waals surface area (Å²) < 4.78 is 36.7. The van der Waals surface area contributed by atoms with Crippen LogP contribution in [0.1, 0.15) is 22.5 Å². The molecule has 1 rings (SSSR count). The van der Waals surface area contributed by atoms with Gasteiger partial charge in [0.05, 0.1) is 4.47 Å². The Morgan fingerprint density at radius 3 is 2.62 bits per heavy atom. The van der Waals surface area contributed by atoms with Crippen molar-refractivity contribution in [2.24, 2.45) is 0 Å². The zero-order chi connectivity index (χ0) is 10.0. The van der Waals surface area contributed by atoms with Gasteiger partial charge in [-0.2, -0.15) is 4.39 Å². The molecule has 13 heavy (non-hydrogen) atoms. The van der Waals surface area contributed by atoms with Gasteiger partial charge in [0.25, 0.3) is 6.43 Å². The monoisotopic (exact) mass is 253 g/mol. The van der Waals surface area contributed by atoms with Gasteiger partial charge in [0.1, 0.15) is 5.69 Å². The van der Waals surface area contributed by atoms with Crippen LogP contribution in [0.5, 0.6) is 0 Å². The predicted molar refractivity (Wildman–Crippen MR) is 42.2 cm³/mol. The Hall–Kier alpha value is -0.910. The molecule has 0 bridgehead atoms. The minimum atomic E-state index is -2.91. The fourth-order valence-electron chi connectivity index (χ4n) is 0.766. The topological polar surface area (TPSA) is 30.0 Å². The van der Waals surface area contributed by atoms with E-state index in [4.69, 9.17) is 0 Å². The van der Waals surface area contributed by atoms with Crippen molar-refractivity contribution in [1.29, 1.82) is 0 Å². The van der Waals surface area contributed by atoms with Gasteiger partial charge in [0.2, 0.25) is 5.95 Å². The van der Waals surface area contributed by atoms with E-state index in [0.29, 0.717) is 0 Å². The largest absolute Gasteiger partial charge is 0.298 e. The molecule has 6 heteroatoms. The van der Waals surface area contributed by atoms with Crippen LogP contribution in [0.4, 0.5) is 13.2 Å². The molecule has 0 N–H and O–H groups in total. The lowest BCUT2D eigenvalue weighted by Gasteiger charge is -2.03. The van der Waals surface area contributed by atoms with Gasteiger partial charge in [-0.1, -0.05) is 0 Å². The van der Waals surface area contributed by atoms with Crippen molar-refractivity contribution >= 4 is 22.2 Å². The fraction of sp³-hybridized carbons (Fsp3) is 0.143. The van der Waals surface area contributed by atoms with Crippen molar-refractivity contribution in [3.63, 3.8) is 0 Å². The molecule has 0 radical (unpaired) electrons. The highest BCUT2D eigenvalue weighted by Gasteiger charge is 2.17. The summed E-state index contributed by atoms with van der Waals surface area (Å²) >= 11 is 2.74. The number of hydrogen-bond donors (Lipinski definition) is 0. The molecule has 0 aliphatic rings. The first-order chi connectivity index (χ1) is 6.06. The van der Waals surface area contributed by atoms with E-state index >= 15 is 0 Å². The van der Waals surface area contributed by atoms with Crippen molar-refractivity contribution in [2.45, 2.75) is 6.43 Å². The number of hydrogen-bond acceptors (Lipinski definition) is 2. The first-order valence-corrected chi connectivity index (χ1v) is 3.95. The number of aromatic nitrogens is 1. The molecular weight excluding hydrogens is 251 g/mol. The molecule has 0 saturated carbocycles. The summed E-state index contributed by atoms with van der Waals surface area (Å²) in [6.07, 6.45) is -2.63. The Bertz CT molecular complexity index is 343. The second-order valence-electron chi connectivity index (χ2n) is 2.15. The molecule has 0 fully saturated rings. The number of carbonyl (C=O) groups is 1. The number of carbonyl (C=O) groups excluding carboxylic acids is 1. The number of aldehydes is 1. The van der Waals surface area contributed by atoms with Gasteiger partial charge >= 0.3 is 0 Å². The molecule has 1 aromatic rings. The zero-order valence-corrected chi connectivity index (χ0v) is 7.69. The molecule has 1 heterocycles. The van der Waals surface area contributed by atoms with Crippen LogP contribution in [-0.2, 0) is 0 Å². The molecule has 2 nitrogen and oxygen atoms in total. The third-order valence-corrected chi connectivity index (χ3v) is 2.18. The third-order valence-electron chi connectivity index (χ3n) is 1.31. The van der Waals surface area contributed by atoms with Crippen LogP contribution >= 0.6 is 15.9 Å². The van der Waals surface area contributed by atoms with Gasteiger partial charge in [-0.05, 0) is 15.9 Å². The zero-order valence-electron chi connectivity index (χ0n) is 6.10. The van der Waals surface area contributed by atoms with Crippen molar-refractivity contribution in [1.82, 2.24) is 4.98 Å². The van der Waals surface area contributed by atoms with E-state index in [-0.39, 0.29) is 16.3 Å². The molecule has 70 valence electrons. The molecule has 0 aliphatic carbocycles. The quantitative estimate of drug-likeness (QED) is 0.600. The van der Waals surface area contributed by atoms with Gasteiger partial charge in [-0.3, -0.25) is 4.79 Å². The molecule has 0 atom stereocenters. The van der Waals surface area contributed by atoms with E-state index < -0.39 is 18.1 Å². The molecule has 0 unspecified atom stereocenters. The normalized spacial score (nSPS) is 10.5.